The van der Waals surface area contributed by atoms with E-state index in [1.807, 2.05) is 6.07 Å². The second-order valence-corrected chi connectivity index (χ2v) is 23.6. The van der Waals surface area contributed by atoms with Gasteiger partial charge in [0, 0.05) is 5.56 Å². The van der Waals surface area contributed by atoms with E-state index in [9.17, 15) is 24.3 Å². The second-order valence-electron chi connectivity index (χ2n) is 18.8. The molecule has 1 saturated carbocycles. The number of hydrogen-bond acceptors (Lipinski definition) is 11. The molecule has 7 atom stereocenters. The minimum atomic E-state index is -2.30. The number of amides is 1. The Morgan fingerprint density at radius 2 is 1.66 bits per heavy atom. The van der Waals surface area contributed by atoms with Crippen LogP contribution in [-0.4, -0.2) is 72.5 Å². The zero-order chi connectivity index (χ0) is 39.7. The molecule has 1 aliphatic heterocycles. The van der Waals surface area contributed by atoms with Crippen LogP contribution in [0.15, 0.2) is 24.0 Å². The summed E-state index contributed by atoms with van der Waals surface area (Å²) in [5, 5.41) is 15.2. The third-order valence-electron chi connectivity index (χ3n) is 11.5. The van der Waals surface area contributed by atoms with E-state index in [0.29, 0.717) is 24.3 Å². The number of ether oxygens (including phenoxy) is 5. The number of nitrogens with one attached hydrogen (secondary N) is 1. The standard InChI is InChI=1S/C40H59NO11Si/c1-22-16-18-39-30-24-14-15-26(52-53(12,13)38(9,10)11)31(30)49-32(39)27(17-19-40(39,46)25(22)20-24)47-34(44)23(2)41-33(43)28(21-29(42)50-36(3,4)5)48-35(45)51-37(6,7)8/h14-15,17,22-23,25,28,32,46H,16,18-21H2,1-13H3,(H,41,43)/t22?,23-,25-,28-,32-,39?,40+/m0/s1. The first kappa shape index (κ1) is 40.6. The number of carbonyl (C=O) groups excluding carboxylic acids is 4. The second kappa shape index (κ2) is 13.6. The molecule has 1 spiro atoms. The molecular weight excluding hydrogens is 699 g/mol. The lowest BCUT2D eigenvalue weighted by Crippen LogP contribution is -2.69. The Labute approximate surface area is 314 Å². The molecule has 5 rings (SSSR count). The van der Waals surface area contributed by atoms with E-state index in [4.69, 9.17) is 28.1 Å². The topological polar surface area (TPSA) is 156 Å². The van der Waals surface area contributed by atoms with Crippen LogP contribution in [0, 0.1) is 11.8 Å². The highest BCUT2D eigenvalue weighted by atomic mass is 28.4. The maximum Gasteiger partial charge on any atom is 0.509 e. The van der Waals surface area contributed by atoms with Crippen LogP contribution >= 0.6 is 0 Å². The first-order chi connectivity index (χ1) is 24.2. The monoisotopic (exact) mass is 757 g/mol. The number of carbonyl (C=O) groups is 4. The predicted octanol–water partition coefficient (Wildman–Crippen LogP) is 6.79. The maximum absolute atomic E-state index is 13.7. The van der Waals surface area contributed by atoms with Crippen molar-refractivity contribution in [1.29, 1.82) is 0 Å². The molecule has 12 nitrogen and oxygen atoms in total. The molecule has 3 aliphatic carbocycles. The fourth-order valence-electron chi connectivity index (χ4n) is 7.99. The summed E-state index contributed by atoms with van der Waals surface area (Å²) in [6.07, 6.45) is -0.0115. The number of rotatable bonds is 9. The van der Waals surface area contributed by atoms with Crippen molar-refractivity contribution < 1.29 is 52.4 Å². The van der Waals surface area contributed by atoms with E-state index in [2.05, 4.69) is 52.2 Å². The Balaban J connectivity index is 1.40. The molecule has 2 unspecified atom stereocenters. The van der Waals surface area contributed by atoms with Gasteiger partial charge in [-0.15, -0.1) is 0 Å². The van der Waals surface area contributed by atoms with Gasteiger partial charge in [-0.3, -0.25) is 9.59 Å². The highest BCUT2D eigenvalue weighted by Gasteiger charge is 2.72. The van der Waals surface area contributed by atoms with Crippen LogP contribution in [0.2, 0.25) is 18.1 Å². The molecule has 2 N–H and O–H groups in total. The van der Waals surface area contributed by atoms with E-state index < -0.39 is 79.2 Å². The summed E-state index contributed by atoms with van der Waals surface area (Å²) < 4.78 is 35.5. The van der Waals surface area contributed by atoms with Crippen LogP contribution in [-0.2, 0) is 45.2 Å². The Hall–Kier alpha value is -3.58. The zero-order valence-corrected chi connectivity index (χ0v) is 34.7. The van der Waals surface area contributed by atoms with E-state index in [1.54, 1.807) is 47.6 Å². The smallest absolute Gasteiger partial charge is 0.509 e. The molecule has 1 fully saturated rings. The zero-order valence-electron chi connectivity index (χ0n) is 33.7. The summed E-state index contributed by atoms with van der Waals surface area (Å²) in [5.74, 6) is -0.751. The van der Waals surface area contributed by atoms with Crippen molar-refractivity contribution in [3.63, 3.8) is 0 Å². The highest BCUT2D eigenvalue weighted by molar-refractivity contribution is 6.74. The van der Waals surface area contributed by atoms with Crippen LogP contribution in [0.4, 0.5) is 4.79 Å². The molecule has 2 bridgehead atoms. The third kappa shape index (κ3) is 7.70. The van der Waals surface area contributed by atoms with Gasteiger partial charge < -0.3 is 38.5 Å². The summed E-state index contributed by atoms with van der Waals surface area (Å²) in [4.78, 5) is 52.4. The SMILES string of the molecule is CC1CCC23c4c5ccc(O[Si](C)(C)C(C)(C)C)c4O[C@H]2C(OC(=O)[C@H](C)NC(=O)[C@H](CC(=O)OC(C)(C)C)OC(=O)OC(C)(C)C)=CC[C@@]3(O)[C@H]1C5. The van der Waals surface area contributed by atoms with E-state index in [0.717, 1.165) is 17.5 Å². The van der Waals surface area contributed by atoms with Gasteiger partial charge in [-0.1, -0.05) is 33.8 Å². The van der Waals surface area contributed by atoms with E-state index >= 15 is 0 Å². The molecule has 294 valence electrons. The molecule has 4 aliphatic rings. The van der Waals surface area contributed by atoms with Crippen molar-refractivity contribution >= 4 is 32.3 Å². The lowest BCUT2D eigenvalue weighted by Gasteiger charge is -2.61. The maximum atomic E-state index is 13.7. The summed E-state index contributed by atoms with van der Waals surface area (Å²) in [6.45, 7) is 24.4. The van der Waals surface area contributed by atoms with Gasteiger partial charge in [0.15, 0.2) is 18.0 Å². The molecular formula is C40H59NO11Si. The number of benzene rings is 1. The van der Waals surface area contributed by atoms with Crippen molar-refractivity contribution in [3.05, 3.63) is 35.1 Å². The van der Waals surface area contributed by atoms with Crippen molar-refractivity contribution in [1.82, 2.24) is 5.32 Å². The number of esters is 2. The Kier molecular flexibility index (Phi) is 10.4. The van der Waals surface area contributed by atoms with Gasteiger partial charge in [-0.05, 0) is 122 Å². The normalized spacial score (nSPS) is 27.2. The van der Waals surface area contributed by atoms with Crippen LogP contribution in [0.5, 0.6) is 11.5 Å². The minimum absolute atomic E-state index is 0.0217. The summed E-state index contributed by atoms with van der Waals surface area (Å²) in [5.41, 5.74) is -1.72. The van der Waals surface area contributed by atoms with Crippen molar-refractivity contribution in [2.45, 2.75) is 167 Å². The fraction of sp³-hybridized carbons (Fsp3) is 0.700. The molecule has 1 heterocycles. The quantitative estimate of drug-likeness (QED) is 0.155. The predicted molar refractivity (Wildman–Crippen MR) is 199 cm³/mol. The Morgan fingerprint density at radius 1 is 1.02 bits per heavy atom. The van der Waals surface area contributed by atoms with Gasteiger partial charge in [0.1, 0.15) is 28.8 Å². The van der Waals surface area contributed by atoms with Gasteiger partial charge in [-0.25, -0.2) is 9.59 Å². The van der Waals surface area contributed by atoms with Crippen molar-refractivity contribution in [2.75, 3.05) is 0 Å². The van der Waals surface area contributed by atoms with E-state index in [1.165, 1.54) is 6.92 Å². The van der Waals surface area contributed by atoms with Crippen molar-refractivity contribution in [2.24, 2.45) is 11.8 Å². The highest BCUT2D eigenvalue weighted by Crippen LogP contribution is 2.68. The van der Waals surface area contributed by atoms with Crippen LogP contribution in [0.3, 0.4) is 0 Å². The first-order valence-electron chi connectivity index (χ1n) is 18.8. The molecule has 0 saturated heterocycles. The summed E-state index contributed by atoms with van der Waals surface area (Å²) in [6, 6.07) is 2.86. The number of hydrogen-bond donors (Lipinski definition) is 2. The average Bonchev–Trinajstić information content (AvgIpc) is 3.34. The first-order valence-corrected chi connectivity index (χ1v) is 21.7. The van der Waals surface area contributed by atoms with Gasteiger partial charge >= 0.3 is 18.1 Å². The van der Waals surface area contributed by atoms with Crippen LogP contribution < -0.4 is 14.5 Å². The molecule has 13 heteroatoms. The number of aliphatic hydroxyl groups is 1. The van der Waals surface area contributed by atoms with E-state index in [-0.39, 0.29) is 29.1 Å². The average molecular weight is 758 g/mol. The largest absolute Gasteiger partial charge is 0.541 e. The van der Waals surface area contributed by atoms with Crippen LogP contribution in [0.1, 0.15) is 113 Å². The molecule has 0 aromatic heterocycles. The van der Waals surface area contributed by atoms with Gasteiger partial charge in [0.25, 0.3) is 14.2 Å². The lowest BCUT2D eigenvalue weighted by molar-refractivity contribution is -0.171. The molecule has 1 aromatic rings. The molecule has 0 radical (unpaired) electrons. The Morgan fingerprint density at radius 3 is 2.26 bits per heavy atom. The van der Waals surface area contributed by atoms with Gasteiger partial charge in [0.2, 0.25) is 0 Å². The lowest BCUT2D eigenvalue weighted by atomic mass is 9.45. The minimum Gasteiger partial charge on any atom is -0.541 e. The molecule has 1 amide bonds. The Bertz CT molecular complexity index is 1650. The summed E-state index contributed by atoms with van der Waals surface area (Å²) in [7, 11) is -2.30. The van der Waals surface area contributed by atoms with Crippen LogP contribution in [0.25, 0.3) is 0 Å². The molecule has 1 aromatic carbocycles. The fourth-order valence-corrected chi connectivity index (χ4v) is 9.01. The molecule has 53 heavy (non-hydrogen) atoms. The van der Waals surface area contributed by atoms with Gasteiger partial charge in [0.05, 0.1) is 17.4 Å². The van der Waals surface area contributed by atoms with Gasteiger partial charge in [-0.2, -0.15) is 0 Å². The summed E-state index contributed by atoms with van der Waals surface area (Å²) >= 11 is 0. The third-order valence-corrected chi connectivity index (χ3v) is 15.9. The van der Waals surface area contributed by atoms with Crippen molar-refractivity contribution in [3.8, 4) is 11.5 Å².